The lowest BCUT2D eigenvalue weighted by molar-refractivity contribution is 0.494. The van der Waals surface area contributed by atoms with Crippen molar-refractivity contribution in [1.82, 2.24) is 9.97 Å². The smallest absolute Gasteiger partial charge is 0.200 e. The average molecular weight is 278 g/mol. The quantitative estimate of drug-likeness (QED) is 0.792. The van der Waals surface area contributed by atoms with Gasteiger partial charge < -0.3 is 9.73 Å². The Bertz CT molecular complexity index is 770. The molecule has 104 valence electrons. The molecule has 0 saturated carbocycles. The second-order valence-corrected chi connectivity index (χ2v) is 4.81. The van der Waals surface area contributed by atoms with Gasteiger partial charge in [-0.05, 0) is 24.3 Å². The third-order valence-corrected chi connectivity index (χ3v) is 3.24. The predicted molar refractivity (Wildman–Crippen MR) is 79.9 cm³/mol. The number of nitriles is 1. The molecule has 1 aromatic carbocycles. The molecule has 0 aliphatic rings. The summed E-state index contributed by atoms with van der Waals surface area (Å²) in [5, 5.41) is 12.2. The number of hydrogen-bond donors (Lipinski definition) is 1. The minimum Gasteiger partial charge on any atom is -0.440 e. The number of rotatable bonds is 4. The molecule has 2 aromatic heterocycles. The van der Waals surface area contributed by atoms with Crippen LogP contribution in [0, 0.1) is 11.3 Å². The summed E-state index contributed by atoms with van der Waals surface area (Å²) in [5.74, 6) is 1.34. The zero-order chi connectivity index (χ0) is 14.7. The maximum absolute atomic E-state index is 9.04. The summed E-state index contributed by atoms with van der Waals surface area (Å²) >= 11 is 0. The molecule has 0 fully saturated rings. The van der Waals surface area contributed by atoms with E-state index in [0.717, 1.165) is 11.1 Å². The summed E-state index contributed by atoms with van der Waals surface area (Å²) in [6.07, 6.45) is 1.66. The molecule has 21 heavy (non-hydrogen) atoms. The summed E-state index contributed by atoms with van der Waals surface area (Å²) in [6.45, 7) is 2.62. The van der Waals surface area contributed by atoms with Crippen LogP contribution in [0.4, 0.5) is 5.82 Å². The maximum atomic E-state index is 9.04. The third-order valence-electron chi connectivity index (χ3n) is 3.24. The van der Waals surface area contributed by atoms with Gasteiger partial charge in [0.1, 0.15) is 17.4 Å². The Morgan fingerprint density at radius 3 is 2.95 bits per heavy atom. The average Bonchev–Trinajstić information content (AvgIpc) is 2.97. The molecule has 3 aromatic rings. The second kappa shape index (κ2) is 5.63. The summed E-state index contributed by atoms with van der Waals surface area (Å²) < 4.78 is 5.74. The van der Waals surface area contributed by atoms with Gasteiger partial charge in [0.15, 0.2) is 11.5 Å². The number of anilines is 1. The Labute approximate surface area is 122 Å². The minimum absolute atomic E-state index is 0.0750. The highest BCUT2D eigenvalue weighted by atomic mass is 16.3. The fourth-order valence-electron chi connectivity index (χ4n) is 2.07. The standard InChI is InChI=1S/C16H14N4O/c1-11(10-19-15-12(9-17)5-4-8-18-15)16-20-13-6-2-3-7-14(13)21-16/h2-8,11H,10H2,1H3,(H,18,19)/t11-/m0/s1. The molecule has 0 radical (unpaired) electrons. The van der Waals surface area contributed by atoms with Gasteiger partial charge in [-0.25, -0.2) is 9.97 Å². The number of pyridine rings is 1. The largest absolute Gasteiger partial charge is 0.440 e. The van der Waals surface area contributed by atoms with E-state index >= 15 is 0 Å². The van der Waals surface area contributed by atoms with E-state index in [-0.39, 0.29) is 5.92 Å². The summed E-state index contributed by atoms with van der Waals surface area (Å²) in [4.78, 5) is 8.65. The Morgan fingerprint density at radius 2 is 2.14 bits per heavy atom. The van der Waals surface area contributed by atoms with Gasteiger partial charge in [0, 0.05) is 12.7 Å². The van der Waals surface area contributed by atoms with E-state index in [0.29, 0.717) is 23.8 Å². The molecule has 0 saturated heterocycles. The van der Waals surface area contributed by atoms with Gasteiger partial charge in [-0.3, -0.25) is 0 Å². The van der Waals surface area contributed by atoms with Crippen LogP contribution in [0.25, 0.3) is 11.1 Å². The van der Waals surface area contributed by atoms with E-state index in [1.165, 1.54) is 0 Å². The zero-order valence-corrected chi connectivity index (χ0v) is 11.6. The van der Waals surface area contributed by atoms with Crippen molar-refractivity contribution >= 4 is 16.9 Å². The molecule has 0 aliphatic carbocycles. The van der Waals surface area contributed by atoms with Crippen LogP contribution < -0.4 is 5.32 Å². The fraction of sp³-hybridized carbons (Fsp3) is 0.188. The minimum atomic E-state index is 0.0750. The molecule has 0 unspecified atom stereocenters. The van der Waals surface area contributed by atoms with Crippen LogP contribution in [-0.2, 0) is 0 Å². The second-order valence-electron chi connectivity index (χ2n) is 4.81. The molecule has 0 spiro atoms. The molecule has 5 heteroatoms. The SMILES string of the molecule is C[C@@H](CNc1ncccc1C#N)c1nc2ccccc2o1. The van der Waals surface area contributed by atoms with Crippen LogP contribution in [0.15, 0.2) is 47.0 Å². The van der Waals surface area contributed by atoms with Gasteiger partial charge in [0.05, 0.1) is 11.5 Å². The number of para-hydroxylation sites is 2. The van der Waals surface area contributed by atoms with Crippen LogP contribution in [0.1, 0.15) is 24.3 Å². The molecular weight excluding hydrogens is 264 g/mol. The highest BCUT2D eigenvalue weighted by Gasteiger charge is 2.14. The summed E-state index contributed by atoms with van der Waals surface area (Å²) in [5.41, 5.74) is 2.17. The number of oxazole rings is 1. The fourth-order valence-corrected chi connectivity index (χ4v) is 2.07. The van der Waals surface area contributed by atoms with Crippen LogP contribution in [0.5, 0.6) is 0 Å². The van der Waals surface area contributed by atoms with Gasteiger partial charge in [0.25, 0.3) is 0 Å². The molecule has 1 N–H and O–H groups in total. The topological polar surface area (TPSA) is 74.7 Å². The molecular formula is C16H14N4O. The maximum Gasteiger partial charge on any atom is 0.200 e. The van der Waals surface area contributed by atoms with Crippen molar-refractivity contribution in [3.05, 3.63) is 54.0 Å². The zero-order valence-electron chi connectivity index (χ0n) is 11.6. The first-order chi connectivity index (χ1) is 10.3. The van der Waals surface area contributed by atoms with Crippen molar-refractivity contribution in [2.75, 3.05) is 11.9 Å². The van der Waals surface area contributed by atoms with E-state index in [2.05, 4.69) is 21.4 Å². The number of nitrogens with one attached hydrogen (secondary N) is 1. The third kappa shape index (κ3) is 2.70. The van der Waals surface area contributed by atoms with Crippen LogP contribution in [-0.4, -0.2) is 16.5 Å². The highest BCUT2D eigenvalue weighted by molar-refractivity contribution is 5.72. The Kier molecular flexibility index (Phi) is 3.52. The van der Waals surface area contributed by atoms with Crippen molar-refractivity contribution in [3.63, 3.8) is 0 Å². The van der Waals surface area contributed by atoms with E-state index in [1.54, 1.807) is 18.3 Å². The monoisotopic (exact) mass is 278 g/mol. The summed E-state index contributed by atoms with van der Waals surface area (Å²) in [6, 6.07) is 13.3. The molecule has 2 heterocycles. The van der Waals surface area contributed by atoms with E-state index in [4.69, 9.17) is 9.68 Å². The first-order valence-electron chi connectivity index (χ1n) is 6.72. The molecule has 5 nitrogen and oxygen atoms in total. The van der Waals surface area contributed by atoms with E-state index in [1.807, 2.05) is 31.2 Å². The molecule has 0 bridgehead atoms. The van der Waals surface area contributed by atoms with Crippen LogP contribution in [0.2, 0.25) is 0 Å². The summed E-state index contributed by atoms with van der Waals surface area (Å²) in [7, 11) is 0. The van der Waals surface area contributed by atoms with E-state index < -0.39 is 0 Å². The Morgan fingerprint density at radius 1 is 1.29 bits per heavy atom. The number of hydrogen-bond acceptors (Lipinski definition) is 5. The van der Waals surface area contributed by atoms with Gasteiger partial charge in [0.2, 0.25) is 0 Å². The van der Waals surface area contributed by atoms with Crippen molar-refractivity contribution in [3.8, 4) is 6.07 Å². The van der Waals surface area contributed by atoms with Gasteiger partial charge in [-0.15, -0.1) is 0 Å². The van der Waals surface area contributed by atoms with Crippen molar-refractivity contribution in [1.29, 1.82) is 5.26 Å². The molecule has 1 atom stereocenters. The predicted octanol–water partition coefficient (Wildman–Crippen LogP) is 3.31. The lowest BCUT2D eigenvalue weighted by Gasteiger charge is -2.10. The lowest BCUT2D eigenvalue weighted by atomic mass is 10.2. The van der Waals surface area contributed by atoms with Crippen molar-refractivity contribution in [2.45, 2.75) is 12.8 Å². The first kappa shape index (κ1) is 13.1. The van der Waals surface area contributed by atoms with E-state index in [9.17, 15) is 0 Å². The van der Waals surface area contributed by atoms with Gasteiger partial charge in [-0.2, -0.15) is 5.26 Å². The van der Waals surface area contributed by atoms with Crippen molar-refractivity contribution in [2.24, 2.45) is 0 Å². The molecule has 0 amide bonds. The lowest BCUT2D eigenvalue weighted by Crippen LogP contribution is -2.12. The molecule has 0 aliphatic heterocycles. The van der Waals surface area contributed by atoms with Crippen molar-refractivity contribution < 1.29 is 4.42 Å². The molecule has 3 rings (SSSR count). The first-order valence-corrected chi connectivity index (χ1v) is 6.72. The number of fused-ring (bicyclic) bond motifs is 1. The van der Waals surface area contributed by atoms with Crippen LogP contribution in [0.3, 0.4) is 0 Å². The number of nitrogens with zero attached hydrogens (tertiary/aromatic N) is 3. The Balaban J connectivity index is 1.74. The van der Waals surface area contributed by atoms with Crippen LogP contribution >= 0.6 is 0 Å². The van der Waals surface area contributed by atoms with Gasteiger partial charge >= 0.3 is 0 Å². The number of aromatic nitrogens is 2. The highest BCUT2D eigenvalue weighted by Crippen LogP contribution is 2.21. The van der Waals surface area contributed by atoms with Gasteiger partial charge in [-0.1, -0.05) is 19.1 Å². The number of benzene rings is 1. The normalized spacial score (nSPS) is 12.0. The Hall–Kier alpha value is -2.87.